The van der Waals surface area contributed by atoms with E-state index in [0.29, 0.717) is 9.54 Å². The van der Waals surface area contributed by atoms with Gasteiger partial charge in [-0.1, -0.05) is 0 Å². The molecule has 0 N–H and O–H groups in total. The fraction of sp³-hybridized carbons (Fsp3) is 0.357. The Labute approximate surface area is 291 Å². The predicted octanol–water partition coefficient (Wildman–Crippen LogP) is 5.19. The van der Waals surface area contributed by atoms with Gasteiger partial charge in [0, 0.05) is 0 Å². The molecule has 3 aromatic rings. The van der Waals surface area contributed by atoms with Crippen molar-refractivity contribution >= 4 is 14.4 Å². The van der Waals surface area contributed by atoms with Gasteiger partial charge in [0.15, 0.2) is 0 Å². The van der Waals surface area contributed by atoms with Crippen LogP contribution in [-0.2, 0) is 32.1 Å². The average molecular weight is 713 g/mol. The first-order valence-corrected chi connectivity index (χ1v) is 20.0. The molecular weight excluding hydrogens is 667 g/mol. The Kier molecular flexibility index (Phi) is 8.82. The van der Waals surface area contributed by atoms with Crippen molar-refractivity contribution < 1.29 is 46.1 Å². The maximum absolute atomic E-state index is 2.67. The van der Waals surface area contributed by atoms with E-state index in [1.807, 2.05) is 0 Å². The molecule has 0 bridgehead atoms. The van der Waals surface area contributed by atoms with Gasteiger partial charge < -0.3 is 24.8 Å². The van der Waals surface area contributed by atoms with Crippen molar-refractivity contribution in [1.29, 1.82) is 0 Å². The maximum Gasteiger partial charge on any atom is -1.00 e. The minimum absolute atomic E-state index is 0. The molecule has 0 nitrogen and oxygen atoms in total. The van der Waals surface area contributed by atoms with Gasteiger partial charge in [-0.25, -0.2) is 0 Å². The molecule has 232 valence electrons. The van der Waals surface area contributed by atoms with Crippen molar-refractivity contribution in [1.82, 2.24) is 0 Å². The Morgan fingerprint density at radius 3 is 1.53 bits per heavy atom. The summed E-state index contributed by atoms with van der Waals surface area (Å²) in [5.74, 6) is 0.506. The normalized spacial score (nSPS) is 20.3. The summed E-state index contributed by atoms with van der Waals surface area (Å²) in [6.07, 6.45) is 7.52. The first kappa shape index (κ1) is 34.3. The summed E-state index contributed by atoms with van der Waals surface area (Å²) in [4.78, 5) is 0. The molecule has 7 rings (SSSR count). The number of aryl methyl sites for hydroxylation is 1. The summed E-state index contributed by atoms with van der Waals surface area (Å²) in [5, 5.41) is 0. The smallest absolute Gasteiger partial charge is 1.00 e. The van der Waals surface area contributed by atoms with E-state index in [9.17, 15) is 0 Å². The molecule has 1 atom stereocenters. The van der Waals surface area contributed by atoms with Crippen LogP contribution in [-0.4, -0.2) is 3.21 Å². The van der Waals surface area contributed by atoms with Crippen molar-refractivity contribution in [3.63, 3.8) is 0 Å². The molecule has 3 heteroatoms. The van der Waals surface area contributed by atoms with E-state index in [4.69, 9.17) is 0 Å². The Morgan fingerprint density at radius 2 is 1.11 bits per heavy atom. The van der Waals surface area contributed by atoms with Crippen molar-refractivity contribution in [2.45, 2.75) is 90.6 Å². The van der Waals surface area contributed by atoms with E-state index in [-0.39, 0.29) is 35.6 Å². The van der Waals surface area contributed by atoms with E-state index in [1.165, 1.54) is 61.2 Å². The number of allylic oxidation sites excluding steroid dienone is 8. The third kappa shape index (κ3) is 5.16. The second-order valence-corrected chi connectivity index (χ2v) is 21.7. The molecule has 0 saturated heterocycles. The minimum Gasteiger partial charge on any atom is -1.00 e. The Bertz CT molecular complexity index is 1840. The summed E-state index contributed by atoms with van der Waals surface area (Å²) in [7, 11) is 0. The SMILES string of the molecule is CC1=CC(C)[C](/[Zr+2](=[C](/C)c2ccc(C)cc2)[CH]2c3cc4c(cc3-c3cc5c(cc32)C(C)(C)C=C5C)C(C)=CC4(C)C)=C1C.[Cl-].[Cl-]. The molecule has 0 radical (unpaired) electrons. The number of benzene rings is 3. The Morgan fingerprint density at radius 1 is 0.644 bits per heavy atom. The van der Waals surface area contributed by atoms with Gasteiger partial charge in [-0.2, -0.15) is 0 Å². The van der Waals surface area contributed by atoms with Crippen LogP contribution in [0.4, 0.5) is 0 Å². The second-order valence-electron chi connectivity index (χ2n) is 15.1. The van der Waals surface area contributed by atoms with Crippen molar-refractivity contribution in [2.24, 2.45) is 5.92 Å². The predicted molar refractivity (Wildman–Crippen MR) is 184 cm³/mol. The van der Waals surface area contributed by atoms with Crippen LogP contribution in [0.3, 0.4) is 0 Å². The molecule has 45 heavy (non-hydrogen) atoms. The zero-order chi connectivity index (χ0) is 30.7. The number of hydrogen-bond donors (Lipinski definition) is 0. The zero-order valence-electron chi connectivity index (χ0n) is 28.8. The van der Waals surface area contributed by atoms with Crippen LogP contribution < -0.4 is 24.8 Å². The quantitative estimate of drug-likeness (QED) is 0.351. The first-order chi connectivity index (χ1) is 20.2. The van der Waals surface area contributed by atoms with Gasteiger partial charge in [-0.05, 0) is 0 Å². The van der Waals surface area contributed by atoms with Crippen molar-refractivity contribution in [3.8, 4) is 11.1 Å². The third-order valence-electron chi connectivity index (χ3n) is 11.1. The molecule has 0 fully saturated rings. The third-order valence-corrected chi connectivity index (χ3v) is 20.2. The van der Waals surface area contributed by atoms with E-state index in [1.54, 1.807) is 23.2 Å². The van der Waals surface area contributed by atoms with Crippen LogP contribution in [0.25, 0.3) is 22.3 Å². The maximum atomic E-state index is 2.67. The fourth-order valence-corrected chi connectivity index (χ4v) is 18.5. The van der Waals surface area contributed by atoms with Gasteiger partial charge in [-0.15, -0.1) is 0 Å². The van der Waals surface area contributed by atoms with Crippen LogP contribution in [0.1, 0.15) is 117 Å². The average Bonchev–Trinajstić information content (AvgIpc) is 3.55. The Hall–Kier alpha value is -2.05. The minimum atomic E-state index is -2.61. The molecule has 1 unspecified atom stereocenters. The molecule has 0 aliphatic heterocycles. The number of halogens is 2. The van der Waals surface area contributed by atoms with Crippen LogP contribution in [0.15, 0.2) is 81.2 Å². The number of hydrogen-bond acceptors (Lipinski definition) is 0. The number of rotatable bonds is 3. The standard InChI is InChI=1S/C25H25.C9H10.C8H11.2ClH.Zr/c1-14-12-24(3,4)22-8-16-7-17-9-23-19(15(2)13-25(23,5)6)11-21(17)20(16)10-18(14)22;1-3-9-6-4-8(2)5-7-9;1-6-4-7(2)8(3)5-6;;;/h7-13H,1-6H3;4-7H,1-2H3;4,6H,1-3H3;2*1H;/q;;;;;+2/p-2. The fourth-order valence-electron chi connectivity index (χ4n) is 8.89. The second kappa shape index (κ2) is 11.6. The summed E-state index contributed by atoms with van der Waals surface area (Å²) >= 11 is -2.61. The van der Waals surface area contributed by atoms with Gasteiger partial charge in [0.05, 0.1) is 0 Å². The van der Waals surface area contributed by atoms with Gasteiger partial charge in [-0.3, -0.25) is 0 Å². The monoisotopic (exact) mass is 710 g/mol. The summed E-state index contributed by atoms with van der Waals surface area (Å²) in [5.41, 5.74) is 20.9. The van der Waals surface area contributed by atoms with E-state index >= 15 is 0 Å². The summed E-state index contributed by atoms with van der Waals surface area (Å²) in [6.45, 7) is 26.2. The first-order valence-electron chi connectivity index (χ1n) is 16.1. The van der Waals surface area contributed by atoms with Crippen LogP contribution >= 0.6 is 0 Å². The van der Waals surface area contributed by atoms with Crippen LogP contribution in [0, 0.1) is 12.8 Å². The van der Waals surface area contributed by atoms with E-state index < -0.39 is 21.3 Å². The van der Waals surface area contributed by atoms with E-state index in [2.05, 4.69) is 143 Å². The molecule has 0 amide bonds. The molecule has 0 saturated carbocycles. The molecule has 0 spiro atoms. The van der Waals surface area contributed by atoms with Crippen molar-refractivity contribution in [3.05, 3.63) is 126 Å². The largest absolute Gasteiger partial charge is 1.00 e. The van der Waals surface area contributed by atoms with E-state index in [0.717, 1.165) is 0 Å². The molecule has 4 aliphatic carbocycles. The topological polar surface area (TPSA) is 0 Å². The van der Waals surface area contributed by atoms with Crippen LogP contribution in [0.2, 0.25) is 0 Å². The van der Waals surface area contributed by atoms with Crippen LogP contribution in [0.5, 0.6) is 0 Å². The Balaban J connectivity index is 0.00000200. The molecule has 3 aromatic carbocycles. The molecular formula is C42H46Cl2Zr. The van der Waals surface area contributed by atoms with Gasteiger partial charge in [0.1, 0.15) is 0 Å². The van der Waals surface area contributed by atoms with Crippen molar-refractivity contribution in [2.75, 3.05) is 0 Å². The molecule has 0 aromatic heterocycles. The number of fused-ring (bicyclic) bond motifs is 5. The van der Waals surface area contributed by atoms with Gasteiger partial charge in [0.25, 0.3) is 0 Å². The van der Waals surface area contributed by atoms with Gasteiger partial charge >= 0.3 is 269 Å². The molecule has 4 aliphatic rings. The zero-order valence-corrected chi connectivity index (χ0v) is 32.7. The van der Waals surface area contributed by atoms with Gasteiger partial charge in [0.2, 0.25) is 0 Å². The summed E-state index contributed by atoms with van der Waals surface area (Å²) in [6, 6.07) is 19.9. The summed E-state index contributed by atoms with van der Waals surface area (Å²) < 4.78 is 3.94. The molecule has 0 heterocycles.